The second-order valence-electron chi connectivity index (χ2n) is 4.91. The molecule has 0 aromatic rings. The summed E-state index contributed by atoms with van der Waals surface area (Å²) in [6.07, 6.45) is 2.62. The van der Waals surface area contributed by atoms with Crippen molar-refractivity contribution in [2.75, 3.05) is 33.4 Å². The highest BCUT2D eigenvalue weighted by molar-refractivity contribution is 4.75. The van der Waals surface area contributed by atoms with Gasteiger partial charge in [-0.05, 0) is 44.3 Å². The quantitative estimate of drug-likeness (QED) is 0.698. The molecule has 0 aliphatic carbocycles. The SMILES string of the molecule is COCC(NCC1CCNCC1)C(C)C. The van der Waals surface area contributed by atoms with Gasteiger partial charge in [0.05, 0.1) is 6.61 Å². The molecule has 15 heavy (non-hydrogen) atoms. The maximum Gasteiger partial charge on any atom is 0.0618 e. The van der Waals surface area contributed by atoms with Crippen LogP contribution in [0.2, 0.25) is 0 Å². The lowest BCUT2D eigenvalue weighted by atomic mass is 9.97. The van der Waals surface area contributed by atoms with E-state index in [2.05, 4.69) is 24.5 Å². The highest BCUT2D eigenvalue weighted by Gasteiger charge is 2.17. The zero-order valence-electron chi connectivity index (χ0n) is 10.4. The molecule has 1 unspecified atom stereocenters. The molecular formula is C12H26N2O. The fraction of sp³-hybridized carbons (Fsp3) is 1.00. The molecule has 1 atom stereocenters. The van der Waals surface area contributed by atoms with Crippen LogP contribution in [0.15, 0.2) is 0 Å². The van der Waals surface area contributed by atoms with Crippen molar-refractivity contribution in [1.29, 1.82) is 0 Å². The lowest BCUT2D eigenvalue weighted by Crippen LogP contribution is -2.42. The van der Waals surface area contributed by atoms with Crippen LogP contribution >= 0.6 is 0 Å². The van der Waals surface area contributed by atoms with Gasteiger partial charge in [-0.25, -0.2) is 0 Å². The zero-order valence-corrected chi connectivity index (χ0v) is 10.4. The zero-order chi connectivity index (χ0) is 11.1. The first-order chi connectivity index (χ1) is 7.24. The standard InChI is InChI=1S/C12H26N2O/c1-10(2)12(9-15-3)14-8-11-4-6-13-7-5-11/h10-14H,4-9H2,1-3H3. The van der Waals surface area contributed by atoms with Crippen molar-refractivity contribution >= 4 is 0 Å². The molecule has 3 nitrogen and oxygen atoms in total. The van der Waals surface area contributed by atoms with Crippen molar-refractivity contribution < 1.29 is 4.74 Å². The van der Waals surface area contributed by atoms with Crippen LogP contribution in [0.4, 0.5) is 0 Å². The summed E-state index contributed by atoms with van der Waals surface area (Å²) in [6, 6.07) is 0.505. The molecule has 0 amide bonds. The Hall–Kier alpha value is -0.120. The molecule has 1 rings (SSSR count). The molecule has 1 aliphatic rings. The van der Waals surface area contributed by atoms with E-state index in [-0.39, 0.29) is 0 Å². The van der Waals surface area contributed by atoms with E-state index in [1.165, 1.54) is 25.9 Å². The minimum atomic E-state index is 0.505. The second kappa shape index (κ2) is 7.20. The predicted octanol–water partition coefficient (Wildman–Crippen LogP) is 1.25. The van der Waals surface area contributed by atoms with Crippen molar-refractivity contribution in [3.8, 4) is 0 Å². The molecule has 0 spiro atoms. The predicted molar refractivity (Wildman–Crippen MR) is 64.1 cm³/mol. The highest BCUT2D eigenvalue weighted by Crippen LogP contribution is 2.11. The molecule has 90 valence electrons. The molecule has 1 saturated heterocycles. The number of piperidine rings is 1. The van der Waals surface area contributed by atoms with Crippen LogP contribution in [-0.2, 0) is 4.74 Å². The lowest BCUT2D eigenvalue weighted by Gasteiger charge is -2.27. The first-order valence-electron chi connectivity index (χ1n) is 6.17. The van der Waals surface area contributed by atoms with Crippen molar-refractivity contribution in [3.63, 3.8) is 0 Å². The fourth-order valence-corrected chi connectivity index (χ4v) is 2.07. The van der Waals surface area contributed by atoms with Gasteiger partial charge in [0.1, 0.15) is 0 Å². The van der Waals surface area contributed by atoms with Gasteiger partial charge in [0.2, 0.25) is 0 Å². The monoisotopic (exact) mass is 214 g/mol. The Morgan fingerprint density at radius 1 is 1.33 bits per heavy atom. The second-order valence-corrected chi connectivity index (χ2v) is 4.91. The van der Waals surface area contributed by atoms with E-state index in [1.807, 2.05) is 0 Å². The van der Waals surface area contributed by atoms with Crippen LogP contribution in [0.5, 0.6) is 0 Å². The molecule has 3 heteroatoms. The third-order valence-electron chi connectivity index (χ3n) is 3.28. The van der Waals surface area contributed by atoms with Crippen LogP contribution in [0.1, 0.15) is 26.7 Å². The van der Waals surface area contributed by atoms with Crippen LogP contribution in [0.3, 0.4) is 0 Å². The van der Waals surface area contributed by atoms with Crippen LogP contribution in [0.25, 0.3) is 0 Å². The Bertz CT molecular complexity index is 156. The summed E-state index contributed by atoms with van der Waals surface area (Å²) in [5.41, 5.74) is 0. The third-order valence-corrected chi connectivity index (χ3v) is 3.28. The Morgan fingerprint density at radius 3 is 2.53 bits per heavy atom. The molecule has 0 aromatic carbocycles. The summed E-state index contributed by atoms with van der Waals surface area (Å²) in [4.78, 5) is 0. The molecule has 1 heterocycles. The summed E-state index contributed by atoms with van der Waals surface area (Å²) in [5, 5.41) is 7.03. The Labute approximate surface area is 94.0 Å². The van der Waals surface area contributed by atoms with Crippen LogP contribution < -0.4 is 10.6 Å². The van der Waals surface area contributed by atoms with E-state index in [0.29, 0.717) is 12.0 Å². The van der Waals surface area contributed by atoms with E-state index in [1.54, 1.807) is 7.11 Å². The summed E-state index contributed by atoms with van der Waals surface area (Å²) < 4.78 is 5.23. The van der Waals surface area contributed by atoms with E-state index >= 15 is 0 Å². The average Bonchev–Trinajstić information content (AvgIpc) is 2.25. The number of nitrogens with one attached hydrogen (secondary N) is 2. The van der Waals surface area contributed by atoms with Gasteiger partial charge in [0, 0.05) is 13.2 Å². The first-order valence-corrected chi connectivity index (χ1v) is 6.17. The van der Waals surface area contributed by atoms with Gasteiger partial charge in [0.15, 0.2) is 0 Å². The molecule has 1 aliphatic heterocycles. The molecule has 0 aromatic heterocycles. The van der Waals surface area contributed by atoms with Gasteiger partial charge in [-0.1, -0.05) is 13.8 Å². The molecule has 0 bridgehead atoms. The smallest absolute Gasteiger partial charge is 0.0618 e. The number of ether oxygens (including phenoxy) is 1. The summed E-state index contributed by atoms with van der Waals surface area (Å²) in [7, 11) is 1.78. The minimum Gasteiger partial charge on any atom is -0.383 e. The Balaban J connectivity index is 2.19. The summed E-state index contributed by atoms with van der Waals surface area (Å²) in [5.74, 6) is 1.50. The third kappa shape index (κ3) is 4.96. The van der Waals surface area contributed by atoms with Crippen molar-refractivity contribution in [2.45, 2.75) is 32.7 Å². The van der Waals surface area contributed by atoms with Gasteiger partial charge >= 0.3 is 0 Å². The highest BCUT2D eigenvalue weighted by atomic mass is 16.5. The largest absolute Gasteiger partial charge is 0.383 e. The molecule has 0 radical (unpaired) electrons. The van der Waals surface area contributed by atoms with Gasteiger partial charge in [0.25, 0.3) is 0 Å². The van der Waals surface area contributed by atoms with Crippen molar-refractivity contribution in [2.24, 2.45) is 11.8 Å². The van der Waals surface area contributed by atoms with Gasteiger partial charge in [-0.2, -0.15) is 0 Å². The van der Waals surface area contributed by atoms with Gasteiger partial charge in [-0.15, -0.1) is 0 Å². The summed E-state index contributed by atoms with van der Waals surface area (Å²) >= 11 is 0. The van der Waals surface area contributed by atoms with E-state index in [9.17, 15) is 0 Å². The molecule has 2 N–H and O–H groups in total. The van der Waals surface area contributed by atoms with E-state index in [0.717, 1.165) is 19.1 Å². The topological polar surface area (TPSA) is 33.3 Å². The number of methoxy groups -OCH3 is 1. The number of hydrogen-bond donors (Lipinski definition) is 2. The maximum absolute atomic E-state index is 5.23. The Morgan fingerprint density at radius 2 is 2.00 bits per heavy atom. The van der Waals surface area contributed by atoms with Crippen molar-refractivity contribution in [3.05, 3.63) is 0 Å². The average molecular weight is 214 g/mol. The van der Waals surface area contributed by atoms with Gasteiger partial charge in [-0.3, -0.25) is 0 Å². The molecule has 1 fully saturated rings. The Kier molecular flexibility index (Phi) is 6.22. The maximum atomic E-state index is 5.23. The van der Waals surface area contributed by atoms with Gasteiger partial charge < -0.3 is 15.4 Å². The normalized spacial score (nSPS) is 20.8. The number of rotatable bonds is 6. The van der Waals surface area contributed by atoms with Crippen LogP contribution in [-0.4, -0.2) is 39.4 Å². The first kappa shape index (κ1) is 12.9. The van der Waals surface area contributed by atoms with E-state index in [4.69, 9.17) is 4.74 Å². The summed E-state index contributed by atoms with van der Waals surface area (Å²) in [6.45, 7) is 8.83. The van der Waals surface area contributed by atoms with Crippen molar-refractivity contribution in [1.82, 2.24) is 10.6 Å². The fourth-order valence-electron chi connectivity index (χ4n) is 2.07. The number of hydrogen-bond acceptors (Lipinski definition) is 3. The molecule has 0 saturated carbocycles. The minimum absolute atomic E-state index is 0.505. The van der Waals surface area contributed by atoms with E-state index < -0.39 is 0 Å². The lowest BCUT2D eigenvalue weighted by molar-refractivity contribution is 0.143. The molecular weight excluding hydrogens is 188 g/mol. The van der Waals surface area contributed by atoms with Crippen LogP contribution in [0, 0.1) is 11.8 Å².